The van der Waals surface area contributed by atoms with E-state index in [0.717, 1.165) is 82.5 Å². The van der Waals surface area contributed by atoms with Crippen LogP contribution >= 0.6 is 0 Å². The van der Waals surface area contributed by atoms with Gasteiger partial charge in [-0.3, -0.25) is 4.79 Å². The summed E-state index contributed by atoms with van der Waals surface area (Å²) in [4.78, 5) is 20.7. The Kier molecular flexibility index (Phi) is 7.86. The molecule has 4 aliphatic rings. The molecule has 8 nitrogen and oxygen atoms in total. The van der Waals surface area contributed by atoms with Gasteiger partial charge in [0.2, 0.25) is 5.89 Å². The molecule has 7 rings (SSSR count). The third-order valence-electron chi connectivity index (χ3n) is 10.6. The van der Waals surface area contributed by atoms with Gasteiger partial charge in [0.05, 0.1) is 17.4 Å². The largest absolute Gasteiger partial charge is 0.460 e. The van der Waals surface area contributed by atoms with Crippen molar-refractivity contribution >= 4 is 5.97 Å². The predicted molar refractivity (Wildman–Crippen MR) is 163 cm³/mol. The van der Waals surface area contributed by atoms with E-state index in [1.165, 1.54) is 12.0 Å². The summed E-state index contributed by atoms with van der Waals surface area (Å²) in [5.74, 6) is 2.11. The number of hydrogen-bond acceptors (Lipinski definition) is 8. The lowest BCUT2D eigenvalue weighted by Gasteiger charge is -2.46. The fourth-order valence-corrected chi connectivity index (χ4v) is 7.27. The fraction of sp³-hybridized carbons (Fsp3) is 0.571. The highest BCUT2D eigenvalue weighted by Gasteiger charge is 2.52. The molecule has 1 saturated heterocycles. The molecule has 8 heteroatoms. The van der Waals surface area contributed by atoms with Gasteiger partial charge in [-0.2, -0.15) is 4.98 Å². The van der Waals surface area contributed by atoms with E-state index in [-0.39, 0.29) is 22.2 Å². The van der Waals surface area contributed by atoms with Gasteiger partial charge in [0, 0.05) is 37.6 Å². The van der Waals surface area contributed by atoms with E-state index in [4.69, 9.17) is 19.0 Å². The number of ether oxygens (including phenoxy) is 2. The van der Waals surface area contributed by atoms with Crippen LogP contribution in [0, 0.1) is 5.41 Å². The van der Waals surface area contributed by atoms with Crippen LogP contribution < -0.4 is 5.32 Å². The topological polar surface area (TPSA) is 89.7 Å². The van der Waals surface area contributed by atoms with Crippen molar-refractivity contribution in [2.75, 3.05) is 39.9 Å². The quantitative estimate of drug-likeness (QED) is 0.276. The predicted octanol–water partition coefficient (Wildman–Crippen LogP) is 5.14. The monoisotopic (exact) mass is 584 g/mol. The Morgan fingerprint density at radius 2 is 1.70 bits per heavy atom. The molecular formula is C35H44N4O4. The van der Waals surface area contributed by atoms with Crippen molar-refractivity contribution in [1.29, 1.82) is 0 Å². The van der Waals surface area contributed by atoms with Crippen molar-refractivity contribution in [2.24, 2.45) is 5.41 Å². The van der Waals surface area contributed by atoms with Gasteiger partial charge in [0.25, 0.3) is 0 Å². The molecule has 0 radical (unpaired) electrons. The molecule has 3 aliphatic carbocycles. The first-order valence-electron chi connectivity index (χ1n) is 16.1. The van der Waals surface area contributed by atoms with Gasteiger partial charge in [-0.05, 0) is 69.2 Å². The number of benzene rings is 2. The van der Waals surface area contributed by atoms with Crippen LogP contribution in [0.3, 0.4) is 0 Å². The van der Waals surface area contributed by atoms with Crippen molar-refractivity contribution in [3.05, 3.63) is 83.5 Å². The zero-order valence-electron chi connectivity index (χ0n) is 25.3. The molecule has 0 bridgehead atoms. The number of nitrogens with zero attached hydrogens (tertiary/aromatic N) is 3. The van der Waals surface area contributed by atoms with E-state index in [2.05, 4.69) is 45.7 Å². The Balaban J connectivity index is 0.951. The first-order chi connectivity index (χ1) is 21.0. The number of methoxy groups -OCH3 is 1. The second-order valence-corrected chi connectivity index (χ2v) is 13.6. The number of esters is 1. The number of piperidine rings is 1. The zero-order valence-corrected chi connectivity index (χ0v) is 25.3. The van der Waals surface area contributed by atoms with Crippen molar-refractivity contribution < 1.29 is 18.8 Å². The summed E-state index contributed by atoms with van der Waals surface area (Å²) in [5, 5.41) is 8.35. The third-order valence-corrected chi connectivity index (χ3v) is 10.6. The molecule has 3 saturated carbocycles. The minimum absolute atomic E-state index is 0.0166. The Hall–Kier alpha value is -3.07. The smallest absolute Gasteiger partial charge is 0.313 e. The van der Waals surface area contributed by atoms with E-state index in [9.17, 15) is 4.79 Å². The maximum absolute atomic E-state index is 13.2. The van der Waals surface area contributed by atoms with Crippen LogP contribution in [0.2, 0.25) is 0 Å². The molecular weight excluding hydrogens is 540 g/mol. The van der Waals surface area contributed by atoms with E-state index in [0.29, 0.717) is 31.1 Å². The summed E-state index contributed by atoms with van der Waals surface area (Å²) in [6.07, 6.45) is 7.98. The highest BCUT2D eigenvalue weighted by Crippen LogP contribution is 2.49. The number of hydrogen-bond donors (Lipinski definition) is 1. The molecule has 0 amide bonds. The van der Waals surface area contributed by atoms with Gasteiger partial charge in [-0.1, -0.05) is 72.2 Å². The first-order valence-corrected chi connectivity index (χ1v) is 16.1. The Morgan fingerprint density at radius 1 is 0.977 bits per heavy atom. The second kappa shape index (κ2) is 11.8. The van der Waals surface area contributed by atoms with Gasteiger partial charge in [0.15, 0.2) is 5.82 Å². The molecule has 43 heavy (non-hydrogen) atoms. The third kappa shape index (κ3) is 5.89. The maximum Gasteiger partial charge on any atom is 0.313 e. The zero-order chi connectivity index (χ0) is 29.3. The van der Waals surface area contributed by atoms with Gasteiger partial charge < -0.3 is 24.2 Å². The summed E-state index contributed by atoms with van der Waals surface area (Å²) in [6.45, 7) is 4.27. The van der Waals surface area contributed by atoms with Crippen LogP contribution in [0.15, 0.2) is 65.2 Å². The number of carbonyl (C=O) groups excluding carboxylic acids is 1. The SMILES string of the molecule is COCC1(c2nc(C3(CN[C@@H]4C[C@H]4c4ccccc4)CC3)no2)CCN(CC2(C(=O)OCc3ccccc3)CCC2)CC1. The molecule has 0 unspecified atom stereocenters. The summed E-state index contributed by atoms with van der Waals surface area (Å²) >= 11 is 0. The number of likely N-dealkylation sites (tertiary alicyclic amines) is 1. The molecule has 1 N–H and O–H groups in total. The molecule has 4 fully saturated rings. The number of carbonyl (C=O) groups is 1. The Labute approximate surface area is 254 Å². The van der Waals surface area contributed by atoms with Crippen LogP contribution in [-0.2, 0) is 31.7 Å². The lowest BCUT2D eigenvalue weighted by molar-refractivity contribution is -0.165. The summed E-state index contributed by atoms with van der Waals surface area (Å²) in [6, 6.07) is 21.3. The summed E-state index contributed by atoms with van der Waals surface area (Å²) in [7, 11) is 1.75. The van der Waals surface area contributed by atoms with Crippen molar-refractivity contribution in [3.63, 3.8) is 0 Å². The lowest BCUT2D eigenvalue weighted by Crippen LogP contribution is -2.53. The second-order valence-electron chi connectivity index (χ2n) is 13.6. The minimum atomic E-state index is -0.389. The van der Waals surface area contributed by atoms with Gasteiger partial charge in [0.1, 0.15) is 6.61 Å². The molecule has 2 heterocycles. The van der Waals surface area contributed by atoms with E-state index in [1.807, 2.05) is 30.3 Å². The minimum Gasteiger partial charge on any atom is -0.460 e. The maximum atomic E-state index is 13.2. The standard InChI is InChI=1S/C35H44N4O4/c1-41-25-35(17-19-39(20-18-35)24-34(13-8-14-34)32(40)42-22-26-9-4-2-5-10-26)31-37-30(38-43-31)33(15-16-33)23-36-29-21-28(29)27-11-6-3-7-12-27/h2-7,9-12,28-29,36H,8,13-25H2,1H3/t28-,29+/m0/s1. The van der Waals surface area contributed by atoms with Crippen LogP contribution in [0.25, 0.3) is 0 Å². The van der Waals surface area contributed by atoms with Crippen LogP contribution in [0.4, 0.5) is 0 Å². The van der Waals surface area contributed by atoms with Crippen LogP contribution in [-0.4, -0.2) is 66.9 Å². The summed E-state index contributed by atoms with van der Waals surface area (Å²) in [5.41, 5.74) is 1.75. The molecule has 1 aromatic heterocycles. The number of nitrogens with one attached hydrogen (secondary N) is 1. The van der Waals surface area contributed by atoms with Crippen molar-refractivity contribution in [2.45, 2.75) is 80.8 Å². The normalized spacial score (nSPS) is 25.0. The molecule has 228 valence electrons. The van der Waals surface area contributed by atoms with Crippen LogP contribution in [0.1, 0.15) is 80.1 Å². The summed E-state index contributed by atoms with van der Waals surface area (Å²) < 4.78 is 17.6. The van der Waals surface area contributed by atoms with Gasteiger partial charge >= 0.3 is 5.97 Å². The molecule has 1 aliphatic heterocycles. The first kappa shape index (κ1) is 28.7. The lowest BCUT2D eigenvalue weighted by atomic mass is 9.67. The van der Waals surface area contributed by atoms with Gasteiger partial charge in [-0.15, -0.1) is 0 Å². The van der Waals surface area contributed by atoms with Gasteiger partial charge in [-0.25, -0.2) is 0 Å². The fourth-order valence-electron chi connectivity index (χ4n) is 7.27. The van der Waals surface area contributed by atoms with Crippen molar-refractivity contribution in [3.8, 4) is 0 Å². The van der Waals surface area contributed by atoms with Crippen LogP contribution in [0.5, 0.6) is 0 Å². The Bertz CT molecular complexity index is 1380. The Morgan fingerprint density at radius 3 is 2.35 bits per heavy atom. The van der Waals surface area contributed by atoms with E-state index >= 15 is 0 Å². The van der Waals surface area contributed by atoms with E-state index in [1.54, 1.807) is 7.11 Å². The van der Waals surface area contributed by atoms with Crippen molar-refractivity contribution in [1.82, 2.24) is 20.4 Å². The number of rotatable bonds is 13. The highest BCUT2D eigenvalue weighted by atomic mass is 16.5. The molecule has 0 spiro atoms. The molecule has 3 aromatic rings. The highest BCUT2D eigenvalue weighted by molar-refractivity contribution is 5.78. The van der Waals surface area contributed by atoms with E-state index < -0.39 is 0 Å². The molecule has 2 atom stereocenters. The number of aromatic nitrogens is 2. The average Bonchev–Trinajstić information content (AvgIpc) is 3.94. The molecule has 2 aromatic carbocycles. The average molecular weight is 585 g/mol.